The molecule has 0 bridgehead atoms. The van der Waals surface area contributed by atoms with Crippen molar-refractivity contribution in [1.29, 1.82) is 0 Å². The molecule has 0 saturated heterocycles. The van der Waals surface area contributed by atoms with Crippen LogP contribution in [0, 0.1) is 20.8 Å². The number of ether oxygens (including phenoxy) is 1. The molecule has 0 saturated carbocycles. The SMILES string of the molecule is Cc1cccc(OCC(=O)NC(=S)Nc2cc(C)cc(C)c2O)c1. The standard InChI is InChI=1S/C18H20N2O3S/c1-11-5-4-6-14(8-11)23-10-16(21)20-18(24)19-15-9-12(2)7-13(3)17(15)22/h4-9,22H,10H2,1-3H3,(H2,19,20,21,24). The van der Waals surface area contributed by atoms with Gasteiger partial charge in [-0.25, -0.2) is 0 Å². The van der Waals surface area contributed by atoms with Gasteiger partial charge in [-0.15, -0.1) is 0 Å². The van der Waals surface area contributed by atoms with Gasteiger partial charge >= 0.3 is 0 Å². The first-order valence-corrected chi connectivity index (χ1v) is 7.86. The van der Waals surface area contributed by atoms with Gasteiger partial charge in [0.2, 0.25) is 0 Å². The molecule has 24 heavy (non-hydrogen) atoms. The molecule has 2 aromatic carbocycles. The van der Waals surface area contributed by atoms with E-state index in [9.17, 15) is 9.90 Å². The Labute approximate surface area is 146 Å². The van der Waals surface area contributed by atoms with Gasteiger partial charge in [0.15, 0.2) is 11.7 Å². The second kappa shape index (κ2) is 7.79. The minimum Gasteiger partial charge on any atom is -0.505 e. The van der Waals surface area contributed by atoms with E-state index in [2.05, 4.69) is 10.6 Å². The molecule has 3 N–H and O–H groups in total. The zero-order chi connectivity index (χ0) is 17.7. The fourth-order valence-corrected chi connectivity index (χ4v) is 2.45. The molecule has 0 fully saturated rings. The Hall–Kier alpha value is -2.60. The lowest BCUT2D eigenvalue weighted by Crippen LogP contribution is -2.37. The second-order valence-electron chi connectivity index (χ2n) is 5.59. The predicted octanol–water partition coefficient (Wildman–Crippen LogP) is 3.21. The fraction of sp³-hybridized carbons (Fsp3) is 0.222. The summed E-state index contributed by atoms with van der Waals surface area (Å²) in [4.78, 5) is 11.9. The number of aromatic hydroxyl groups is 1. The van der Waals surface area contributed by atoms with Gasteiger partial charge in [-0.1, -0.05) is 18.2 Å². The molecule has 2 rings (SSSR count). The number of hydrogen-bond donors (Lipinski definition) is 3. The maximum atomic E-state index is 11.9. The van der Waals surface area contributed by atoms with Gasteiger partial charge in [0.05, 0.1) is 5.69 Å². The van der Waals surface area contributed by atoms with Gasteiger partial charge in [0, 0.05) is 0 Å². The Bertz CT molecular complexity index is 775. The molecule has 1 amide bonds. The first-order valence-electron chi connectivity index (χ1n) is 7.45. The van der Waals surface area contributed by atoms with Crippen LogP contribution >= 0.6 is 12.2 Å². The highest BCUT2D eigenvalue weighted by molar-refractivity contribution is 7.80. The minimum absolute atomic E-state index is 0.105. The molecule has 0 aromatic heterocycles. The molecule has 0 aliphatic carbocycles. The molecule has 0 aliphatic heterocycles. The van der Waals surface area contributed by atoms with Crippen LogP contribution in [0.2, 0.25) is 0 Å². The lowest BCUT2D eigenvalue weighted by Gasteiger charge is -2.13. The minimum atomic E-state index is -0.377. The molecule has 0 spiro atoms. The highest BCUT2D eigenvalue weighted by Gasteiger charge is 2.10. The molecule has 0 atom stereocenters. The Morgan fingerprint density at radius 3 is 2.62 bits per heavy atom. The fourth-order valence-electron chi connectivity index (χ4n) is 2.23. The van der Waals surface area contributed by atoms with Crippen LogP contribution in [0.1, 0.15) is 16.7 Å². The number of rotatable bonds is 4. The number of benzene rings is 2. The van der Waals surface area contributed by atoms with E-state index in [-0.39, 0.29) is 23.4 Å². The Balaban J connectivity index is 1.89. The Kier molecular flexibility index (Phi) is 5.76. The summed E-state index contributed by atoms with van der Waals surface area (Å²) in [7, 11) is 0. The van der Waals surface area contributed by atoms with Crippen molar-refractivity contribution in [3.8, 4) is 11.5 Å². The van der Waals surface area contributed by atoms with Crippen LogP contribution in [0.4, 0.5) is 5.69 Å². The lowest BCUT2D eigenvalue weighted by molar-refractivity contribution is -0.121. The van der Waals surface area contributed by atoms with E-state index in [1.165, 1.54) is 0 Å². The van der Waals surface area contributed by atoms with Gasteiger partial charge < -0.3 is 15.2 Å². The van der Waals surface area contributed by atoms with Crippen molar-refractivity contribution in [3.63, 3.8) is 0 Å². The number of nitrogens with one attached hydrogen (secondary N) is 2. The summed E-state index contributed by atoms with van der Waals surface area (Å²) in [5, 5.41) is 15.5. The third-order valence-corrected chi connectivity index (χ3v) is 3.51. The predicted molar refractivity (Wildman–Crippen MR) is 98.6 cm³/mol. The van der Waals surface area contributed by atoms with Crippen molar-refractivity contribution in [3.05, 3.63) is 53.1 Å². The maximum Gasteiger partial charge on any atom is 0.264 e. The first kappa shape index (κ1) is 17.7. The van der Waals surface area contributed by atoms with Crippen molar-refractivity contribution in [1.82, 2.24) is 5.32 Å². The van der Waals surface area contributed by atoms with Gasteiger partial charge in [0.25, 0.3) is 5.91 Å². The Morgan fingerprint density at radius 2 is 1.92 bits per heavy atom. The largest absolute Gasteiger partial charge is 0.505 e. The van der Waals surface area contributed by atoms with Gasteiger partial charge in [0.1, 0.15) is 11.5 Å². The molecular formula is C18H20N2O3S. The summed E-state index contributed by atoms with van der Waals surface area (Å²) in [6, 6.07) is 11.0. The van der Waals surface area contributed by atoms with Gasteiger partial charge in [-0.3, -0.25) is 10.1 Å². The van der Waals surface area contributed by atoms with Crippen molar-refractivity contribution in [2.24, 2.45) is 0 Å². The second-order valence-corrected chi connectivity index (χ2v) is 5.99. The van der Waals surface area contributed by atoms with E-state index in [1.807, 2.05) is 38.1 Å². The van der Waals surface area contributed by atoms with E-state index in [0.29, 0.717) is 11.4 Å². The zero-order valence-corrected chi connectivity index (χ0v) is 14.7. The van der Waals surface area contributed by atoms with Gasteiger partial charge in [-0.2, -0.15) is 0 Å². The smallest absolute Gasteiger partial charge is 0.264 e. The van der Waals surface area contributed by atoms with Crippen LogP contribution in [0.3, 0.4) is 0 Å². The van der Waals surface area contributed by atoms with Crippen molar-refractivity contribution in [2.45, 2.75) is 20.8 Å². The molecule has 0 heterocycles. The third-order valence-electron chi connectivity index (χ3n) is 3.31. The number of hydrogen-bond acceptors (Lipinski definition) is 4. The topological polar surface area (TPSA) is 70.6 Å². The molecule has 0 aliphatic rings. The molecule has 2 aromatic rings. The zero-order valence-electron chi connectivity index (χ0n) is 13.8. The van der Waals surface area contributed by atoms with E-state index in [1.54, 1.807) is 19.1 Å². The summed E-state index contributed by atoms with van der Waals surface area (Å²) >= 11 is 5.10. The van der Waals surface area contributed by atoms with Crippen LogP contribution in [-0.2, 0) is 4.79 Å². The summed E-state index contributed by atoms with van der Waals surface area (Å²) in [6.45, 7) is 5.51. The van der Waals surface area contributed by atoms with E-state index in [4.69, 9.17) is 17.0 Å². The summed E-state index contributed by atoms with van der Waals surface area (Å²) in [5.41, 5.74) is 3.21. The number of carbonyl (C=O) groups is 1. The van der Waals surface area contributed by atoms with Crippen molar-refractivity contribution < 1.29 is 14.6 Å². The average Bonchev–Trinajstić information content (AvgIpc) is 2.50. The highest BCUT2D eigenvalue weighted by Crippen LogP contribution is 2.28. The maximum absolute atomic E-state index is 11.9. The number of phenols is 1. The number of thiocarbonyl (C=S) groups is 1. The van der Waals surface area contributed by atoms with Crippen LogP contribution in [-0.4, -0.2) is 22.7 Å². The van der Waals surface area contributed by atoms with Crippen LogP contribution in [0.5, 0.6) is 11.5 Å². The number of carbonyl (C=O) groups excluding carboxylic acids is 1. The van der Waals surface area contributed by atoms with Crippen LogP contribution < -0.4 is 15.4 Å². The molecule has 0 radical (unpaired) electrons. The van der Waals surface area contributed by atoms with E-state index < -0.39 is 0 Å². The van der Waals surface area contributed by atoms with Crippen LogP contribution in [0.25, 0.3) is 0 Å². The summed E-state index contributed by atoms with van der Waals surface area (Å²) < 4.78 is 5.41. The Morgan fingerprint density at radius 1 is 1.17 bits per heavy atom. The van der Waals surface area contributed by atoms with Crippen molar-refractivity contribution in [2.75, 3.05) is 11.9 Å². The highest BCUT2D eigenvalue weighted by atomic mass is 32.1. The van der Waals surface area contributed by atoms with Crippen LogP contribution in [0.15, 0.2) is 36.4 Å². The number of aryl methyl sites for hydroxylation is 3. The average molecular weight is 344 g/mol. The normalized spacial score (nSPS) is 10.1. The first-order chi connectivity index (χ1) is 11.3. The lowest BCUT2D eigenvalue weighted by atomic mass is 10.1. The number of amides is 1. The molecule has 126 valence electrons. The molecule has 0 unspecified atom stereocenters. The quantitative estimate of drug-likeness (QED) is 0.587. The molecule has 6 heteroatoms. The van der Waals surface area contributed by atoms with Crippen molar-refractivity contribution >= 4 is 28.9 Å². The monoisotopic (exact) mass is 344 g/mol. The summed E-state index contributed by atoms with van der Waals surface area (Å²) in [6.07, 6.45) is 0. The van der Waals surface area contributed by atoms with E-state index >= 15 is 0 Å². The molecular weight excluding hydrogens is 324 g/mol. The third kappa shape index (κ3) is 4.96. The molecule has 5 nitrogen and oxygen atoms in total. The number of anilines is 1. The van der Waals surface area contributed by atoms with E-state index in [0.717, 1.165) is 16.7 Å². The number of phenolic OH excluding ortho intramolecular Hbond substituents is 1. The van der Waals surface area contributed by atoms with Gasteiger partial charge in [-0.05, 0) is 67.9 Å². The summed E-state index contributed by atoms with van der Waals surface area (Å²) in [5.74, 6) is 0.349.